The number of benzene rings is 1. The van der Waals surface area contributed by atoms with Crippen molar-refractivity contribution in [2.45, 2.75) is 13.3 Å². The third kappa shape index (κ3) is 3.24. The van der Waals surface area contributed by atoms with Gasteiger partial charge in [0.05, 0.1) is 12.5 Å². The minimum Gasteiger partial charge on any atom is -0.312 e. The van der Waals surface area contributed by atoms with Crippen molar-refractivity contribution in [3.8, 4) is 0 Å². The van der Waals surface area contributed by atoms with Gasteiger partial charge >= 0.3 is 0 Å². The molecule has 1 atom stereocenters. The number of hydrogen-bond acceptors (Lipinski definition) is 3. The topological polar surface area (TPSA) is 58.6 Å². The van der Waals surface area contributed by atoms with Crippen molar-refractivity contribution < 1.29 is 14.4 Å². The van der Waals surface area contributed by atoms with Gasteiger partial charge < -0.3 is 4.90 Å². The Morgan fingerprint density at radius 3 is 2.79 bits per heavy atom. The van der Waals surface area contributed by atoms with Gasteiger partial charge in [-0.1, -0.05) is 11.6 Å². The van der Waals surface area contributed by atoms with E-state index in [1.807, 2.05) is 0 Å². The van der Waals surface area contributed by atoms with E-state index in [1.54, 1.807) is 36.1 Å². The molecule has 5 nitrogen and oxygen atoms in total. The van der Waals surface area contributed by atoms with E-state index >= 15 is 0 Å². The Morgan fingerprint density at radius 2 is 2.16 bits per heavy atom. The van der Waals surface area contributed by atoms with Crippen molar-refractivity contribution in [1.29, 1.82) is 0 Å². The van der Waals surface area contributed by atoms with Crippen LogP contribution in [0.4, 0.5) is 5.69 Å². The zero-order valence-corrected chi connectivity index (χ0v) is 11.3. The molecule has 0 aromatic heterocycles. The molecule has 1 aromatic rings. The number of hydroxylamine groups is 1. The molecule has 102 valence electrons. The number of amides is 2. The second-order valence-corrected chi connectivity index (χ2v) is 4.72. The van der Waals surface area contributed by atoms with Crippen LogP contribution in [-0.2, 0) is 14.4 Å². The highest BCUT2D eigenvalue weighted by Crippen LogP contribution is 2.26. The molecule has 0 saturated carbocycles. The van der Waals surface area contributed by atoms with E-state index in [1.165, 1.54) is 0 Å². The van der Waals surface area contributed by atoms with Gasteiger partial charge in [-0.05, 0) is 31.2 Å². The van der Waals surface area contributed by atoms with Gasteiger partial charge in [0.1, 0.15) is 0 Å². The molecule has 1 aliphatic rings. The molecule has 1 saturated heterocycles. The van der Waals surface area contributed by atoms with E-state index in [0.29, 0.717) is 18.2 Å². The van der Waals surface area contributed by atoms with Crippen LogP contribution < -0.4 is 10.4 Å². The van der Waals surface area contributed by atoms with Crippen molar-refractivity contribution in [2.24, 2.45) is 5.92 Å². The number of rotatable bonds is 4. The summed E-state index contributed by atoms with van der Waals surface area (Å²) in [6.07, 6.45) is 0.196. The van der Waals surface area contributed by atoms with Crippen molar-refractivity contribution >= 4 is 29.1 Å². The molecule has 0 bridgehead atoms. The summed E-state index contributed by atoms with van der Waals surface area (Å²) in [7, 11) is 0. The van der Waals surface area contributed by atoms with E-state index in [9.17, 15) is 9.59 Å². The van der Waals surface area contributed by atoms with Crippen LogP contribution in [0.3, 0.4) is 0 Å². The smallest absolute Gasteiger partial charge is 0.248 e. The number of halogens is 1. The second kappa shape index (κ2) is 6.04. The lowest BCUT2D eigenvalue weighted by molar-refractivity contribution is -0.137. The Bertz CT molecular complexity index is 475. The van der Waals surface area contributed by atoms with Gasteiger partial charge in [-0.3, -0.25) is 14.4 Å². The Kier molecular flexibility index (Phi) is 4.39. The SMILES string of the molecule is CCONC(=O)C1CC(=O)N(c2ccc(Cl)cc2)C1. The normalized spacial score (nSPS) is 18.7. The van der Waals surface area contributed by atoms with Gasteiger partial charge in [-0.2, -0.15) is 0 Å². The Hall–Kier alpha value is -1.59. The molecule has 1 N–H and O–H groups in total. The number of carbonyl (C=O) groups is 2. The van der Waals surface area contributed by atoms with Crippen LogP contribution in [0, 0.1) is 5.92 Å². The molecule has 1 aromatic carbocycles. The number of nitrogens with one attached hydrogen (secondary N) is 1. The predicted octanol–water partition coefficient (Wildman–Crippen LogP) is 1.76. The molecule has 6 heteroatoms. The maximum absolute atomic E-state index is 11.9. The van der Waals surface area contributed by atoms with Crippen molar-refractivity contribution in [3.05, 3.63) is 29.3 Å². The van der Waals surface area contributed by atoms with Gasteiger partial charge in [0, 0.05) is 23.7 Å². The number of carbonyl (C=O) groups excluding carboxylic acids is 2. The third-order valence-electron chi connectivity index (χ3n) is 2.95. The van der Waals surface area contributed by atoms with E-state index in [4.69, 9.17) is 16.4 Å². The van der Waals surface area contributed by atoms with E-state index < -0.39 is 0 Å². The lowest BCUT2D eigenvalue weighted by Gasteiger charge is -2.16. The van der Waals surface area contributed by atoms with Crippen LogP contribution in [0.2, 0.25) is 5.02 Å². The summed E-state index contributed by atoms with van der Waals surface area (Å²) < 4.78 is 0. The summed E-state index contributed by atoms with van der Waals surface area (Å²) in [5.41, 5.74) is 3.09. The van der Waals surface area contributed by atoms with Crippen LogP contribution in [0.25, 0.3) is 0 Å². The minimum atomic E-state index is -0.380. The number of nitrogens with zero attached hydrogens (tertiary/aromatic N) is 1. The van der Waals surface area contributed by atoms with Crippen LogP contribution in [0.5, 0.6) is 0 Å². The summed E-state index contributed by atoms with van der Waals surface area (Å²) >= 11 is 5.81. The molecule has 2 rings (SSSR count). The number of anilines is 1. The fraction of sp³-hybridized carbons (Fsp3) is 0.385. The molecule has 1 aliphatic heterocycles. The van der Waals surface area contributed by atoms with Crippen LogP contribution in [0.15, 0.2) is 24.3 Å². The van der Waals surface area contributed by atoms with Gasteiger partial charge in [0.15, 0.2) is 0 Å². The molecule has 1 unspecified atom stereocenters. The Morgan fingerprint density at radius 1 is 1.47 bits per heavy atom. The molecule has 0 radical (unpaired) electrons. The maximum Gasteiger partial charge on any atom is 0.248 e. The predicted molar refractivity (Wildman–Crippen MR) is 71.7 cm³/mol. The fourth-order valence-corrected chi connectivity index (χ4v) is 2.11. The molecule has 0 spiro atoms. The van der Waals surface area contributed by atoms with E-state index in [0.717, 1.165) is 5.69 Å². The third-order valence-corrected chi connectivity index (χ3v) is 3.20. The highest BCUT2D eigenvalue weighted by molar-refractivity contribution is 6.30. The van der Waals surface area contributed by atoms with Crippen LogP contribution in [0.1, 0.15) is 13.3 Å². The monoisotopic (exact) mass is 282 g/mol. The number of hydrogen-bond donors (Lipinski definition) is 1. The zero-order valence-electron chi connectivity index (χ0n) is 10.6. The largest absolute Gasteiger partial charge is 0.312 e. The molecular formula is C13H15ClN2O3. The fourth-order valence-electron chi connectivity index (χ4n) is 1.98. The summed E-state index contributed by atoms with van der Waals surface area (Å²) in [4.78, 5) is 30.1. The Labute approximate surface area is 116 Å². The first-order chi connectivity index (χ1) is 9.11. The standard InChI is InChI=1S/C13H15ClN2O3/c1-2-19-15-13(18)9-7-12(17)16(8-9)11-5-3-10(14)4-6-11/h3-6,9H,2,7-8H2,1H3,(H,15,18). The average molecular weight is 283 g/mol. The molecule has 0 aliphatic carbocycles. The van der Waals surface area contributed by atoms with Crippen LogP contribution >= 0.6 is 11.6 Å². The average Bonchev–Trinajstić information content (AvgIpc) is 2.79. The first-order valence-corrected chi connectivity index (χ1v) is 6.47. The van der Waals surface area contributed by atoms with Gasteiger partial charge in [0.25, 0.3) is 0 Å². The minimum absolute atomic E-state index is 0.0704. The molecule has 1 fully saturated rings. The molecule has 19 heavy (non-hydrogen) atoms. The quantitative estimate of drug-likeness (QED) is 0.856. The first-order valence-electron chi connectivity index (χ1n) is 6.09. The lowest BCUT2D eigenvalue weighted by atomic mass is 10.1. The van der Waals surface area contributed by atoms with Gasteiger partial charge in [-0.15, -0.1) is 0 Å². The van der Waals surface area contributed by atoms with E-state index in [2.05, 4.69) is 5.48 Å². The van der Waals surface area contributed by atoms with Crippen molar-refractivity contribution in [1.82, 2.24) is 5.48 Å². The van der Waals surface area contributed by atoms with Gasteiger partial charge in [0.2, 0.25) is 11.8 Å². The zero-order chi connectivity index (χ0) is 13.8. The highest BCUT2D eigenvalue weighted by atomic mass is 35.5. The molecule has 1 heterocycles. The summed E-state index contributed by atoms with van der Waals surface area (Å²) in [6, 6.07) is 6.97. The summed E-state index contributed by atoms with van der Waals surface area (Å²) in [6.45, 7) is 2.53. The highest BCUT2D eigenvalue weighted by Gasteiger charge is 2.35. The van der Waals surface area contributed by atoms with Crippen molar-refractivity contribution in [2.75, 3.05) is 18.1 Å². The van der Waals surface area contributed by atoms with Crippen molar-refractivity contribution in [3.63, 3.8) is 0 Å². The maximum atomic E-state index is 11.9. The van der Waals surface area contributed by atoms with Gasteiger partial charge in [-0.25, -0.2) is 5.48 Å². The summed E-state index contributed by atoms with van der Waals surface area (Å²) in [5.74, 6) is -0.708. The first kappa shape index (κ1) is 13.8. The Balaban J connectivity index is 2.03. The van der Waals surface area contributed by atoms with Crippen LogP contribution in [-0.4, -0.2) is 25.0 Å². The summed E-state index contributed by atoms with van der Waals surface area (Å²) in [5, 5.41) is 0.612. The second-order valence-electron chi connectivity index (χ2n) is 4.28. The molecular weight excluding hydrogens is 268 g/mol. The lowest BCUT2D eigenvalue weighted by Crippen LogP contribution is -2.33. The van der Waals surface area contributed by atoms with E-state index in [-0.39, 0.29) is 24.2 Å². The molecule has 2 amide bonds.